The van der Waals surface area contributed by atoms with Crippen molar-refractivity contribution in [2.45, 2.75) is 25.9 Å². The highest BCUT2D eigenvalue weighted by molar-refractivity contribution is 5.99. The number of carbonyl (C=O) groups is 1. The van der Waals surface area contributed by atoms with Gasteiger partial charge in [0.05, 0.1) is 5.52 Å². The molecule has 1 amide bonds. The number of amides is 1. The molecule has 2 aliphatic rings. The maximum Gasteiger partial charge on any atom is 0.253 e. The van der Waals surface area contributed by atoms with Crippen LogP contribution in [-0.2, 0) is 13.0 Å². The maximum atomic E-state index is 12.9. The lowest BCUT2D eigenvalue weighted by molar-refractivity contribution is 0.0218. The third-order valence-electron chi connectivity index (χ3n) is 6.03. The molecule has 0 aliphatic carbocycles. The Morgan fingerprint density at radius 3 is 2.74 bits per heavy atom. The van der Waals surface area contributed by atoms with E-state index in [2.05, 4.69) is 41.1 Å². The quantitative estimate of drug-likeness (QED) is 0.705. The SMILES string of the molecule is Cc1ccnc2ccc(C(=O)N3CC(N4CCc5ccccc5C4)C3)cc12. The summed E-state index contributed by atoms with van der Waals surface area (Å²) in [7, 11) is 0. The molecule has 2 aliphatic heterocycles. The van der Waals surface area contributed by atoms with E-state index in [0.717, 1.165) is 54.6 Å². The number of nitrogens with zero attached hydrogens (tertiary/aromatic N) is 3. The predicted octanol–water partition coefficient (Wildman–Crippen LogP) is 3.43. The number of aryl methyl sites for hydroxylation is 1. The Kier molecular flexibility index (Phi) is 3.94. The number of fused-ring (bicyclic) bond motifs is 2. The van der Waals surface area contributed by atoms with Gasteiger partial charge in [0, 0.05) is 49.4 Å². The summed E-state index contributed by atoms with van der Waals surface area (Å²) in [4.78, 5) is 21.8. The minimum atomic E-state index is 0.133. The van der Waals surface area contributed by atoms with E-state index in [4.69, 9.17) is 0 Å². The fourth-order valence-corrected chi connectivity index (χ4v) is 4.28. The zero-order chi connectivity index (χ0) is 18.4. The molecule has 0 spiro atoms. The third kappa shape index (κ3) is 2.90. The van der Waals surface area contributed by atoms with Crippen LogP contribution in [0.4, 0.5) is 0 Å². The maximum absolute atomic E-state index is 12.9. The summed E-state index contributed by atoms with van der Waals surface area (Å²) in [5.41, 5.74) is 5.77. The number of benzene rings is 2. The molecule has 136 valence electrons. The number of pyridine rings is 1. The Bertz CT molecular complexity index is 1020. The van der Waals surface area contributed by atoms with Crippen molar-refractivity contribution in [3.63, 3.8) is 0 Å². The van der Waals surface area contributed by atoms with Gasteiger partial charge in [-0.25, -0.2) is 0 Å². The van der Waals surface area contributed by atoms with Crippen LogP contribution in [0.15, 0.2) is 54.7 Å². The van der Waals surface area contributed by atoms with Gasteiger partial charge in [0.15, 0.2) is 0 Å². The third-order valence-corrected chi connectivity index (χ3v) is 6.03. The lowest BCUT2D eigenvalue weighted by Crippen LogP contribution is -2.61. The summed E-state index contributed by atoms with van der Waals surface area (Å²) in [6, 6.07) is 17.0. The van der Waals surface area contributed by atoms with Gasteiger partial charge in [-0.15, -0.1) is 0 Å². The minimum Gasteiger partial charge on any atom is -0.335 e. The predicted molar refractivity (Wildman–Crippen MR) is 107 cm³/mol. The molecule has 4 heteroatoms. The van der Waals surface area contributed by atoms with Crippen LogP contribution >= 0.6 is 0 Å². The van der Waals surface area contributed by atoms with Crippen molar-refractivity contribution in [2.24, 2.45) is 0 Å². The highest BCUT2D eigenvalue weighted by Crippen LogP contribution is 2.26. The van der Waals surface area contributed by atoms with Gasteiger partial charge >= 0.3 is 0 Å². The first-order chi connectivity index (χ1) is 13.2. The van der Waals surface area contributed by atoms with Crippen LogP contribution in [0.5, 0.6) is 0 Å². The van der Waals surface area contributed by atoms with Crippen molar-refractivity contribution in [1.29, 1.82) is 0 Å². The lowest BCUT2D eigenvalue weighted by Gasteiger charge is -2.47. The van der Waals surface area contributed by atoms with Gasteiger partial charge in [0.1, 0.15) is 0 Å². The number of hydrogen-bond donors (Lipinski definition) is 0. The molecular weight excluding hydrogens is 334 g/mol. The van der Waals surface area contributed by atoms with Gasteiger partial charge < -0.3 is 4.90 Å². The summed E-state index contributed by atoms with van der Waals surface area (Å²) < 4.78 is 0. The van der Waals surface area contributed by atoms with Crippen molar-refractivity contribution in [3.8, 4) is 0 Å². The molecule has 1 fully saturated rings. The highest BCUT2D eigenvalue weighted by Gasteiger charge is 2.36. The summed E-state index contributed by atoms with van der Waals surface area (Å²) >= 11 is 0. The summed E-state index contributed by atoms with van der Waals surface area (Å²) in [5, 5.41) is 1.06. The number of likely N-dealkylation sites (tertiary alicyclic amines) is 1. The molecule has 0 unspecified atom stereocenters. The fraction of sp³-hybridized carbons (Fsp3) is 0.304. The van der Waals surface area contributed by atoms with E-state index in [0.29, 0.717) is 6.04 Å². The van der Waals surface area contributed by atoms with Crippen molar-refractivity contribution < 1.29 is 4.79 Å². The monoisotopic (exact) mass is 357 g/mol. The molecular formula is C23H23N3O. The van der Waals surface area contributed by atoms with Crippen LogP contribution in [0.1, 0.15) is 27.0 Å². The van der Waals surface area contributed by atoms with Gasteiger partial charge in [0.2, 0.25) is 0 Å². The molecule has 27 heavy (non-hydrogen) atoms. The zero-order valence-electron chi connectivity index (χ0n) is 15.6. The van der Waals surface area contributed by atoms with E-state index in [1.54, 1.807) is 0 Å². The first-order valence-corrected chi connectivity index (χ1v) is 9.64. The second-order valence-electron chi connectivity index (χ2n) is 7.71. The Morgan fingerprint density at radius 1 is 1.07 bits per heavy atom. The summed E-state index contributed by atoms with van der Waals surface area (Å²) in [5.74, 6) is 0.133. The van der Waals surface area contributed by atoms with Crippen molar-refractivity contribution in [1.82, 2.24) is 14.8 Å². The Labute approximate surface area is 159 Å². The van der Waals surface area contributed by atoms with E-state index in [-0.39, 0.29) is 5.91 Å². The van der Waals surface area contributed by atoms with Crippen LogP contribution in [-0.4, -0.2) is 46.4 Å². The molecule has 0 N–H and O–H groups in total. The van der Waals surface area contributed by atoms with Crippen LogP contribution in [0, 0.1) is 6.92 Å². The van der Waals surface area contributed by atoms with Gasteiger partial charge in [-0.3, -0.25) is 14.7 Å². The van der Waals surface area contributed by atoms with Gasteiger partial charge in [-0.05, 0) is 54.3 Å². The fourth-order valence-electron chi connectivity index (χ4n) is 4.28. The number of aromatic nitrogens is 1. The van der Waals surface area contributed by atoms with Gasteiger partial charge in [0.25, 0.3) is 5.91 Å². The lowest BCUT2D eigenvalue weighted by atomic mass is 9.96. The second kappa shape index (κ2) is 6.46. The molecule has 4 nitrogen and oxygen atoms in total. The number of hydrogen-bond acceptors (Lipinski definition) is 3. The van der Waals surface area contributed by atoms with Gasteiger partial charge in [-0.1, -0.05) is 24.3 Å². The van der Waals surface area contributed by atoms with Crippen molar-refractivity contribution in [2.75, 3.05) is 19.6 Å². The molecule has 3 heterocycles. The molecule has 0 radical (unpaired) electrons. The number of carbonyl (C=O) groups excluding carboxylic acids is 1. The van der Waals surface area contributed by atoms with Crippen molar-refractivity contribution >= 4 is 16.8 Å². The average Bonchev–Trinajstić information content (AvgIpc) is 2.67. The first-order valence-electron chi connectivity index (χ1n) is 9.64. The smallest absolute Gasteiger partial charge is 0.253 e. The molecule has 0 atom stereocenters. The largest absolute Gasteiger partial charge is 0.335 e. The van der Waals surface area contributed by atoms with E-state index >= 15 is 0 Å². The molecule has 1 saturated heterocycles. The van der Waals surface area contributed by atoms with Crippen LogP contribution in [0.2, 0.25) is 0 Å². The Morgan fingerprint density at radius 2 is 1.89 bits per heavy atom. The minimum absolute atomic E-state index is 0.133. The standard InChI is InChI=1S/C23H23N3O/c1-16-8-10-24-22-7-6-18(12-21(16)22)23(27)26-14-20(15-26)25-11-9-17-4-2-3-5-19(17)13-25/h2-8,10,12,20H,9,11,13-15H2,1H3. The van der Waals surface area contributed by atoms with Crippen LogP contribution in [0.3, 0.4) is 0 Å². The molecule has 0 saturated carbocycles. The van der Waals surface area contributed by atoms with E-state index in [1.165, 1.54) is 11.1 Å². The highest BCUT2D eigenvalue weighted by atomic mass is 16.2. The van der Waals surface area contributed by atoms with E-state index in [1.807, 2.05) is 35.4 Å². The number of rotatable bonds is 2. The van der Waals surface area contributed by atoms with E-state index in [9.17, 15) is 4.79 Å². The topological polar surface area (TPSA) is 36.4 Å². The first kappa shape index (κ1) is 16.5. The summed E-state index contributed by atoms with van der Waals surface area (Å²) in [6.07, 6.45) is 2.92. The van der Waals surface area contributed by atoms with Crippen LogP contribution in [0.25, 0.3) is 10.9 Å². The van der Waals surface area contributed by atoms with Crippen LogP contribution < -0.4 is 0 Å². The zero-order valence-corrected chi connectivity index (χ0v) is 15.6. The molecule has 5 rings (SSSR count). The molecule has 3 aromatic rings. The molecule has 0 bridgehead atoms. The Hall–Kier alpha value is -2.72. The van der Waals surface area contributed by atoms with Gasteiger partial charge in [-0.2, -0.15) is 0 Å². The molecule has 1 aromatic heterocycles. The Balaban J connectivity index is 1.27. The second-order valence-corrected chi connectivity index (χ2v) is 7.71. The van der Waals surface area contributed by atoms with Crippen molar-refractivity contribution in [3.05, 3.63) is 77.0 Å². The normalized spacial score (nSPS) is 17.6. The summed E-state index contributed by atoms with van der Waals surface area (Å²) in [6.45, 7) is 5.80. The molecule has 2 aromatic carbocycles. The van der Waals surface area contributed by atoms with E-state index < -0.39 is 0 Å². The average molecular weight is 357 g/mol.